The first-order valence-corrected chi connectivity index (χ1v) is 9.80. The van der Waals surface area contributed by atoms with Gasteiger partial charge >= 0.3 is 6.18 Å². The van der Waals surface area contributed by atoms with Crippen molar-refractivity contribution in [3.05, 3.63) is 53.1 Å². The fraction of sp³-hybridized carbons (Fsp3) is 0.250. The molecule has 0 heterocycles. The third-order valence-electron chi connectivity index (χ3n) is 4.45. The zero-order chi connectivity index (χ0) is 22.9. The zero-order valence-corrected chi connectivity index (χ0v) is 18.8. The molecule has 3 N–H and O–H groups in total. The molecule has 0 saturated heterocycles. The molecule has 0 aromatic heterocycles. The van der Waals surface area contributed by atoms with Gasteiger partial charge in [0.05, 0.1) is 23.9 Å². The van der Waals surface area contributed by atoms with Gasteiger partial charge in [0.15, 0.2) is 5.15 Å². The van der Waals surface area contributed by atoms with E-state index in [0.717, 1.165) is 6.07 Å². The molecule has 2 aromatic carbocycles. The van der Waals surface area contributed by atoms with Gasteiger partial charge in [0.1, 0.15) is 11.5 Å². The summed E-state index contributed by atoms with van der Waals surface area (Å²) in [5.74, 6) is -0.201. The summed E-state index contributed by atoms with van der Waals surface area (Å²) in [6.45, 7) is 1.35. The van der Waals surface area contributed by atoms with Crippen LogP contribution in [0, 0.1) is 12.3 Å². The summed E-state index contributed by atoms with van der Waals surface area (Å²) in [7, 11) is 6.58. The van der Waals surface area contributed by atoms with E-state index in [9.17, 15) is 22.7 Å². The van der Waals surface area contributed by atoms with Gasteiger partial charge in [-0.2, -0.15) is 13.2 Å². The first kappa shape index (κ1) is 24.1. The van der Waals surface area contributed by atoms with Crippen molar-refractivity contribution in [3.8, 4) is 22.6 Å². The number of phenols is 1. The molecule has 30 heavy (non-hydrogen) atoms. The lowest BCUT2D eigenvalue weighted by Crippen LogP contribution is -2.18. The van der Waals surface area contributed by atoms with Gasteiger partial charge in [-0.1, -0.05) is 30.6 Å². The van der Waals surface area contributed by atoms with Crippen LogP contribution in [0.5, 0.6) is 11.5 Å². The highest BCUT2D eigenvalue weighted by molar-refractivity contribution is 7.42. The summed E-state index contributed by atoms with van der Waals surface area (Å²) >= 11 is 0. The van der Waals surface area contributed by atoms with Crippen LogP contribution in [0.1, 0.15) is 16.7 Å². The summed E-state index contributed by atoms with van der Waals surface area (Å²) in [6.07, 6.45) is -3.38. The molecule has 10 heteroatoms. The Bertz CT molecular complexity index is 1000. The third kappa shape index (κ3) is 5.11. The molecule has 2 rings (SSSR count). The number of allylic oxidation sites excluding steroid dienone is 1. The predicted octanol–water partition coefficient (Wildman–Crippen LogP) is 5.35. The van der Waals surface area contributed by atoms with Gasteiger partial charge in [0.25, 0.3) is 0 Å². The predicted molar refractivity (Wildman–Crippen MR) is 118 cm³/mol. The van der Waals surface area contributed by atoms with E-state index in [1.165, 1.54) is 51.4 Å². The Labute approximate surface area is 176 Å². The van der Waals surface area contributed by atoms with E-state index in [0.29, 0.717) is 0 Å². The number of rotatable bonds is 6. The van der Waals surface area contributed by atoms with Crippen molar-refractivity contribution in [2.45, 2.75) is 18.3 Å². The third-order valence-corrected chi connectivity index (χ3v) is 5.07. The molecule has 0 aliphatic heterocycles. The van der Waals surface area contributed by atoms with Crippen LogP contribution in [0.3, 0.4) is 0 Å². The fourth-order valence-electron chi connectivity index (χ4n) is 2.86. The molecule has 2 unspecified atom stereocenters. The number of hydrogen-bond donors (Lipinski definition) is 3. The topological polar surface area (TPSA) is 65.3 Å². The van der Waals surface area contributed by atoms with E-state index in [-0.39, 0.29) is 39.4 Å². The first-order valence-electron chi connectivity index (χ1n) is 8.65. The molecule has 4 nitrogen and oxygen atoms in total. The van der Waals surface area contributed by atoms with Crippen molar-refractivity contribution >= 4 is 29.9 Å². The number of aryl methyl sites for hydroxylation is 1. The maximum Gasteiger partial charge on any atom is 0.416 e. The number of aromatic hydroxyl groups is 1. The molecule has 0 aliphatic carbocycles. The second-order valence-corrected chi connectivity index (χ2v) is 8.90. The van der Waals surface area contributed by atoms with Crippen molar-refractivity contribution < 1.29 is 27.4 Å². The molecule has 0 spiro atoms. The Kier molecular flexibility index (Phi) is 7.16. The van der Waals surface area contributed by atoms with Crippen LogP contribution in [0.15, 0.2) is 36.4 Å². The average Bonchev–Trinajstić information content (AvgIpc) is 2.64. The van der Waals surface area contributed by atoms with E-state index in [2.05, 4.69) is 5.32 Å². The molecule has 2 aromatic rings. The van der Waals surface area contributed by atoms with E-state index < -0.39 is 22.6 Å². The number of nitrogens with one attached hydrogen (secondary N) is 2. The minimum atomic E-state index is -4.56. The number of hydrogen-bond acceptors (Lipinski definition) is 4. The Morgan fingerprint density at radius 2 is 1.80 bits per heavy atom. The van der Waals surface area contributed by atoms with Crippen molar-refractivity contribution in [1.29, 1.82) is 5.41 Å². The van der Waals surface area contributed by atoms with Gasteiger partial charge in [-0.3, -0.25) is 0 Å². The van der Waals surface area contributed by atoms with Crippen molar-refractivity contribution in [2.75, 3.05) is 14.2 Å². The van der Waals surface area contributed by atoms with Crippen molar-refractivity contribution in [1.82, 2.24) is 5.32 Å². The fourth-order valence-corrected chi connectivity index (χ4v) is 3.03. The van der Waals surface area contributed by atoms with Crippen LogP contribution in [-0.2, 0) is 6.18 Å². The smallest absolute Gasteiger partial charge is 0.416 e. The lowest BCUT2D eigenvalue weighted by atomic mass is 9.95. The quantitative estimate of drug-likeness (QED) is 0.310. The second kappa shape index (κ2) is 8.91. The number of methoxy groups -OCH3 is 1. The van der Waals surface area contributed by atoms with E-state index in [1.807, 2.05) is 18.5 Å². The average molecular weight is 460 g/mol. The minimum Gasteiger partial charge on any atom is -0.506 e. The highest BCUT2D eigenvalue weighted by atomic mass is 31.1. The normalized spacial score (nSPS) is 12.6. The summed E-state index contributed by atoms with van der Waals surface area (Å²) < 4.78 is 59.3. The number of phenolic OH excluding ortho intramolecular Hbond substituents is 1. The summed E-state index contributed by atoms with van der Waals surface area (Å²) in [5.41, 5.74) is -0.657. The first-order chi connectivity index (χ1) is 13.8. The molecule has 2 atom stereocenters. The molecule has 0 fully saturated rings. The zero-order valence-electron chi connectivity index (χ0n) is 16.5. The van der Waals surface area contributed by atoms with E-state index >= 15 is 0 Å². The van der Waals surface area contributed by atoms with E-state index in [4.69, 9.17) is 10.1 Å². The number of halogens is 4. The van der Waals surface area contributed by atoms with Crippen LogP contribution in [-0.4, -0.2) is 30.1 Å². The number of alkyl halides is 4. The molecule has 0 aliphatic rings. The highest BCUT2D eigenvalue weighted by Crippen LogP contribution is 2.44. The lowest BCUT2D eigenvalue weighted by molar-refractivity contribution is -0.138. The van der Waals surface area contributed by atoms with Crippen LogP contribution < -0.4 is 10.1 Å². The van der Waals surface area contributed by atoms with Gasteiger partial charge < -0.3 is 20.6 Å². The maximum absolute atomic E-state index is 14.0. The van der Waals surface area contributed by atoms with Crippen LogP contribution >= 0.6 is 18.5 Å². The van der Waals surface area contributed by atoms with Gasteiger partial charge in [-0.15, -0.1) is 0 Å². The molecular weight excluding hydrogens is 438 g/mol. The summed E-state index contributed by atoms with van der Waals surface area (Å²) in [6, 6.07) is 6.66. The van der Waals surface area contributed by atoms with Gasteiger partial charge in [0, 0.05) is 18.3 Å². The van der Waals surface area contributed by atoms with Crippen LogP contribution in [0.2, 0.25) is 0 Å². The van der Waals surface area contributed by atoms with Gasteiger partial charge in [0.2, 0.25) is 0 Å². The Morgan fingerprint density at radius 3 is 2.30 bits per heavy atom. The molecule has 0 saturated carbocycles. The van der Waals surface area contributed by atoms with E-state index in [1.54, 1.807) is 0 Å². The second-order valence-electron chi connectivity index (χ2n) is 6.56. The molecule has 0 bridgehead atoms. The SMILES string of the molecule is CN/C(=C\C(=N)C(F)(P)P)c1ccc(OC)c(-c2ccc(C)c(C(F)(F)F)c2)c1O. The largest absolute Gasteiger partial charge is 0.506 e. The molecular formula is C20H22F4N2O2P2. The lowest BCUT2D eigenvalue weighted by Gasteiger charge is -2.19. The Balaban J connectivity index is 2.74. The van der Waals surface area contributed by atoms with Crippen molar-refractivity contribution in [2.24, 2.45) is 0 Å². The molecule has 0 amide bonds. The Morgan fingerprint density at radius 1 is 1.17 bits per heavy atom. The minimum absolute atomic E-state index is 0.0466. The van der Waals surface area contributed by atoms with Crippen LogP contribution in [0.25, 0.3) is 16.8 Å². The maximum atomic E-state index is 14.0. The van der Waals surface area contributed by atoms with Gasteiger partial charge in [-0.05, 0) is 42.3 Å². The standard InChI is InChI=1S/C20H22F4N2O2P2/c1-10-4-5-11(8-13(10)19(21,22)23)17-15(28-3)7-6-12(18(17)27)14(26-2)9-16(25)20(24,29)30/h4-9,25-27H,29-30H2,1-3H3/b14-9-,25-16?. The van der Waals surface area contributed by atoms with Crippen LogP contribution in [0.4, 0.5) is 17.6 Å². The van der Waals surface area contributed by atoms with Gasteiger partial charge in [-0.25, -0.2) is 4.39 Å². The summed E-state index contributed by atoms with van der Waals surface area (Å²) in [4.78, 5) is 0. The highest BCUT2D eigenvalue weighted by Gasteiger charge is 2.33. The summed E-state index contributed by atoms with van der Waals surface area (Å²) in [5, 5.41) is 19.5. The Hall–Kier alpha value is -2.17. The molecule has 0 radical (unpaired) electrons. The number of ether oxygens (including phenoxy) is 1. The monoisotopic (exact) mass is 460 g/mol. The number of benzene rings is 2. The van der Waals surface area contributed by atoms with Crippen molar-refractivity contribution in [3.63, 3.8) is 0 Å². The molecule has 162 valence electrons.